The highest BCUT2D eigenvalue weighted by molar-refractivity contribution is 6.31. The second kappa shape index (κ2) is 7.09. The Balaban J connectivity index is 2.08. The molecule has 4 rings (SSSR count). The number of pyridine rings is 2. The number of hydrogen-bond donors (Lipinski definition) is 2. The van der Waals surface area contributed by atoms with Gasteiger partial charge in [0.15, 0.2) is 0 Å². The quantitative estimate of drug-likeness (QED) is 0.518. The summed E-state index contributed by atoms with van der Waals surface area (Å²) in [4.78, 5) is 45.9. The van der Waals surface area contributed by atoms with Crippen LogP contribution in [-0.4, -0.2) is 19.7 Å². The average Bonchev–Trinajstić information content (AvgIpc) is 2.69. The number of hydrogen-bond acceptors (Lipinski definition) is 4. The zero-order valence-electron chi connectivity index (χ0n) is 15.0. The van der Waals surface area contributed by atoms with Crippen molar-refractivity contribution in [2.45, 2.75) is 25.8 Å². The molecule has 1 unspecified atom stereocenters. The predicted octanol–water partition coefficient (Wildman–Crippen LogP) is 2.97. The van der Waals surface area contributed by atoms with Crippen LogP contribution in [0.4, 0.5) is 0 Å². The summed E-state index contributed by atoms with van der Waals surface area (Å²) in [6, 6.07) is 7.86. The van der Waals surface area contributed by atoms with Crippen molar-refractivity contribution in [3.8, 4) is 0 Å². The SMILES string of the molecule is CCCC(c1ccncc1)n1[nH]c(=O)c2[nH]c3cc(Cl)ccc3c(=O)c2c1=O. The minimum atomic E-state index is -0.539. The summed E-state index contributed by atoms with van der Waals surface area (Å²) in [5.41, 5.74) is -0.377. The van der Waals surface area contributed by atoms with Crippen LogP contribution in [0.25, 0.3) is 21.8 Å². The predicted molar refractivity (Wildman–Crippen MR) is 109 cm³/mol. The third kappa shape index (κ3) is 2.93. The van der Waals surface area contributed by atoms with Crippen molar-refractivity contribution >= 4 is 33.4 Å². The molecule has 0 radical (unpaired) electrons. The van der Waals surface area contributed by atoms with Crippen LogP contribution in [0, 0.1) is 0 Å². The number of rotatable bonds is 4. The van der Waals surface area contributed by atoms with Crippen molar-refractivity contribution in [2.75, 3.05) is 0 Å². The molecule has 1 aromatic carbocycles. The largest absolute Gasteiger partial charge is 0.350 e. The van der Waals surface area contributed by atoms with E-state index in [9.17, 15) is 14.4 Å². The van der Waals surface area contributed by atoms with Gasteiger partial charge in [-0.05, 0) is 42.3 Å². The molecular weight excluding hydrogens is 380 g/mol. The van der Waals surface area contributed by atoms with E-state index in [1.165, 1.54) is 4.68 Å². The van der Waals surface area contributed by atoms with Gasteiger partial charge in [0.1, 0.15) is 10.9 Å². The highest BCUT2D eigenvalue weighted by Gasteiger charge is 2.20. The van der Waals surface area contributed by atoms with E-state index in [2.05, 4.69) is 15.1 Å². The van der Waals surface area contributed by atoms with Crippen LogP contribution in [0.3, 0.4) is 0 Å². The summed E-state index contributed by atoms with van der Waals surface area (Å²) < 4.78 is 1.25. The normalized spacial score (nSPS) is 12.5. The topological polar surface area (TPSA) is 101 Å². The van der Waals surface area contributed by atoms with Gasteiger partial charge in [0, 0.05) is 22.8 Å². The Labute approximate surface area is 163 Å². The van der Waals surface area contributed by atoms with E-state index >= 15 is 0 Å². The number of benzene rings is 1. The fourth-order valence-corrected chi connectivity index (χ4v) is 3.67. The van der Waals surface area contributed by atoms with Crippen LogP contribution >= 0.6 is 11.6 Å². The van der Waals surface area contributed by atoms with E-state index in [0.717, 1.165) is 12.0 Å². The minimum Gasteiger partial charge on any atom is -0.350 e. The van der Waals surface area contributed by atoms with Crippen molar-refractivity contribution in [2.24, 2.45) is 0 Å². The second-order valence-electron chi connectivity index (χ2n) is 6.60. The molecule has 0 aliphatic heterocycles. The Morgan fingerprint density at radius 2 is 1.89 bits per heavy atom. The summed E-state index contributed by atoms with van der Waals surface area (Å²) in [5.74, 6) is 0. The number of nitrogens with one attached hydrogen (secondary N) is 2. The maximum atomic E-state index is 13.2. The second-order valence-corrected chi connectivity index (χ2v) is 7.03. The number of H-pyrrole nitrogens is 2. The first-order valence-corrected chi connectivity index (χ1v) is 9.29. The Kier molecular flexibility index (Phi) is 4.60. The highest BCUT2D eigenvalue weighted by Crippen LogP contribution is 2.21. The summed E-state index contributed by atoms with van der Waals surface area (Å²) >= 11 is 5.98. The fourth-order valence-electron chi connectivity index (χ4n) is 3.50. The van der Waals surface area contributed by atoms with Crippen LogP contribution in [0.15, 0.2) is 57.1 Å². The molecule has 0 aliphatic carbocycles. The van der Waals surface area contributed by atoms with Gasteiger partial charge in [0.05, 0.1) is 11.6 Å². The third-order valence-corrected chi connectivity index (χ3v) is 5.04. The van der Waals surface area contributed by atoms with Crippen molar-refractivity contribution < 1.29 is 0 Å². The molecule has 0 amide bonds. The lowest BCUT2D eigenvalue weighted by Crippen LogP contribution is -2.36. The first-order chi connectivity index (χ1) is 13.5. The van der Waals surface area contributed by atoms with Crippen molar-refractivity contribution in [3.63, 3.8) is 0 Å². The van der Waals surface area contributed by atoms with Gasteiger partial charge >= 0.3 is 0 Å². The van der Waals surface area contributed by atoms with E-state index in [0.29, 0.717) is 22.3 Å². The fraction of sp³-hybridized carbons (Fsp3) is 0.200. The summed E-state index contributed by atoms with van der Waals surface area (Å²) in [6.45, 7) is 1.99. The first kappa shape index (κ1) is 18.2. The average molecular weight is 397 g/mol. The van der Waals surface area contributed by atoms with Gasteiger partial charge < -0.3 is 4.98 Å². The molecule has 7 nitrogen and oxygen atoms in total. The van der Waals surface area contributed by atoms with Gasteiger partial charge in [0.2, 0.25) is 5.43 Å². The van der Waals surface area contributed by atoms with Gasteiger partial charge in [-0.1, -0.05) is 24.9 Å². The zero-order chi connectivity index (χ0) is 19.8. The minimum absolute atomic E-state index is 0.0500. The van der Waals surface area contributed by atoms with Gasteiger partial charge in [-0.2, -0.15) is 0 Å². The first-order valence-electron chi connectivity index (χ1n) is 8.91. The van der Waals surface area contributed by atoms with Crippen LogP contribution in [0.5, 0.6) is 0 Å². The van der Waals surface area contributed by atoms with Gasteiger partial charge in [0.25, 0.3) is 11.1 Å². The Hall–Kier alpha value is -3.19. The lowest BCUT2D eigenvalue weighted by atomic mass is 10.0. The smallest absolute Gasteiger partial charge is 0.287 e. The van der Waals surface area contributed by atoms with Crippen LogP contribution < -0.4 is 16.5 Å². The molecule has 3 aromatic heterocycles. The van der Waals surface area contributed by atoms with Crippen LogP contribution in [-0.2, 0) is 0 Å². The Morgan fingerprint density at radius 3 is 2.61 bits per heavy atom. The lowest BCUT2D eigenvalue weighted by molar-refractivity contribution is 0.460. The van der Waals surface area contributed by atoms with Gasteiger partial charge in [-0.15, -0.1) is 0 Å². The number of aromatic nitrogens is 4. The van der Waals surface area contributed by atoms with E-state index in [-0.39, 0.29) is 10.9 Å². The van der Waals surface area contributed by atoms with Crippen LogP contribution in [0.2, 0.25) is 5.02 Å². The molecule has 142 valence electrons. The third-order valence-electron chi connectivity index (χ3n) is 4.81. The molecule has 0 saturated heterocycles. The molecule has 3 heterocycles. The Bertz CT molecular complexity index is 1360. The van der Waals surface area contributed by atoms with E-state index in [1.54, 1.807) is 42.7 Å². The maximum Gasteiger partial charge on any atom is 0.287 e. The van der Waals surface area contributed by atoms with Crippen molar-refractivity contribution in [1.29, 1.82) is 0 Å². The maximum absolute atomic E-state index is 13.2. The number of fused-ring (bicyclic) bond motifs is 2. The molecule has 28 heavy (non-hydrogen) atoms. The molecule has 0 spiro atoms. The molecule has 0 aliphatic rings. The van der Waals surface area contributed by atoms with Gasteiger partial charge in [-0.3, -0.25) is 24.5 Å². The number of aromatic amines is 2. The van der Waals surface area contributed by atoms with E-state index in [1.807, 2.05) is 6.92 Å². The van der Waals surface area contributed by atoms with E-state index < -0.39 is 22.6 Å². The van der Waals surface area contributed by atoms with Crippen molar-refractivity contribution in [3.05, 3.63) is 84.2 Å². The molecule has 2 N–H and O–H groups in total. The lowest BCUT2D eigenvalue weighted by Gasteiger charge is -2.19. The van der Waals surface area contributed by atoms with Gasteiger partial charge in [-0.25, -0.2) is 4.68 Å². The van der Waals surface area contributed by atoms with Crippen LogP contribution in [0.1, 0.15) is 31.4 Å². The summed E-state index contributed by atoms with van der Waals surface area (Å²) in [6.07, 6.45) is 4.66. The monoisotopic (exact) mass is 396 g/mol. The summed E-state index contributed by atoms with van der Waals surface area (Å²) in [7, 11) is 0. The zero-order valence-corrected chi connectivity index (χ0v) is 15.8. The van der Waals surface area contributed by atoms with Crippen molar-refractivity contribution in [1.82, 2.24) is 19.7 Å². The molecule has 0 saturated carbocycles. The molecular formula is C20H17ClN4O3. The Morgan fingerprint density at radius 1 is 1.14 bits per heavy atom. The number of halogens is 1. The molecule has 1 atom stereocenters. The highest BCUT2D eigenvalue weighted by atomic mass is 35.5. The molecule has 0 fully saturated rings. The molecule has 4 aromatic rings. The van der Waals surface area contributed by atoms with E-state index in [4.69, 9.17) is 11.6 Å². The molecule has 0 bridgehead atoms. The standard InChI is InChI=1S/C20H17ClN4O3/c1-2-3-15(11-6-8-22-9-7-11)25-20(28)16-17(19(27)24-25)23-14-10-12(21)4-5-13(14)18(16)26/h4-10,15H,2-3H2,1H3,(H,23,26)(H,24,27). The molecule has 8 heteroatoms. The summed E-state index contributed by atoms with van der Waals surface area (Å²) in [5, 5.41) is 3.21. The number of nitrogens with zero attached hydrogens (tertiary/aromatic N) is 2.